The minimum Gasteiger partial charge on any atom is -0.477 e. The van der Waals surface area contributed by atoms with E-state index >= 15 is 0 Å². The van der Waals surface area contributed by atoms with Crippen molar-refractivity contribution in [2.45, 2.75) is 32.5 Å². The standard InChI is InChI=1S/C18H18F3N3O3/c1-12(25)8-15-9-14(4-6-22-15)17(26)24-11-13-2-3-16(23-10-13)27-7-5-18(19,20)21/h2-4,6,9-10H,5,7-8,11H2,1H3,(H,24,26). The van der Waals surface area contributed by atoms with E-state index < -0.39 is 19.2 Å². The fourth-order valence-corrected chi connectivity index (χ4v) is 2.13. The van der Waals surface area contributed by atoms with E-state index in [2.05, 4.69) is 15.3 Å². The molecule has 2 aromatic heterocycles. The summed E-state index contributed by atoms with van der Waals surface area (Å²) in [5.41, 5.74) is 1.54. The number of ketones is 1. The largest absolute Gasteiger partial charge is 0.477 e. The fraction of sp³-hybridized carbons (Fsp3) is 0.333. The molecule has 0 atom stereocenters. The number of hydrogen-bond acceptors (Lipinski definition) is 5. The Labute approximate surface area is 153 Å². The predicted octanol–water partition coefficient (Wildman–Crippen LogP) is 2.87. The van der Waals surface area contributed by atoms with E-state index in [4.69, 9.17) is 4.74 Å². The number of Topliss-reactive ketones (excluding diaryl/α,β-unsaturated/α-hetero) is 1. The number of hydrogen-bond donors (Lipinski definition) is 1. The van der Waals surface area contributed by atoms with Crippen LogP contribution in [-0.4, -0.2) is 34.4 Å². The van der Waals surface area contributed by atoms with Gasteiger partial charge in [-0.3, -0.25) is 14.6 Å². The Morgan fingerprint density at radius 1 is 1.19 bits per heavy atom. The highest BCUT2D eigenvalue weighted by Crippen LogP contribution is 2.19. The second kappa shape index (κ2) is 9.11. The van der Waals surface area contributed by atoms with Gasteiger partial charge in [0, 0.05) is 42.7 Å². The van der Waals surface area contributed by atoms with Gasteiger partial charge < -0.3 is 10.1 Å². The molecule has 0 saturated heterocycles. The molecule has 0 fully saturated rings. The number of halogens is 3. The summed E-state index contributed by atoms with van der Waals surface area (Å²) in [6.07, 6.45) is -2.30. The summed E-state index contributed by atoms with van der Waals surface area (Å²) in [6.45, 7) is 1.12. The van der Waals surface area contributed by atoms with E-state index in [-0.39, 0.29) is 30.5 Å². The molecule has 0 aliphatic heterocycles. The third-order valence-electron chi connectivity index (χ3n) is 3.39. The van der Waals surface area contributed by atoms with Crippen LogP contribution in [0.15, 0.2) is 36.7 Å². The normalized spacial score (nSPS) is 11.1. The second-order valence-electron chi connectivity index (χ2n) is 5.82. The first-order valence-electron chi connectivity index (χ1n) is 8.10. The molecule has 2 aromatic rings. The smallest absolute Gasteiger partial charge is 0.392 e. The Hall–Kier alpha value is -2.97. The first-order chi connectivity index (χ1) is 12.7. The molecule has 2 rings (SSSR count). The monoisotopic (exact) mass is 381 g/mol. The van der Waals surface area contributed by atoms with Gasteiger partial charge in [-0.05, 0) is 24.6 Å². The summed E-state index contributed by atoms with van der Waals surface area (Å²) in [5.74, 6) is -0.311. The number of nitrogens with zero attached hydrogens (tertiary/aromatic N) is 2. The van der Waals surface area contributed by atoms with E-state index in [0.717, 1.165) is 0 Å². The van der Waals surface area contributed by atoms with Crippen molar-refractivity contribution < 1.29 is 27.5 Å². The highest BCUT2D eigenvalue weighted by atomic mass is 19.4. The molecule has 1 amide bonds. The fourth-order valence-electron chi connectivity index (χ4n) is 2.13. The molecule has 0 aliphatic rings. The van der Waals surface area contributed by atoms with Gasteiger partial charge in [0.1, 0.15) is 5.78 Å². The lowest BCUT2D eigenvalue weighted by Crippen LogP contribution is -2.23. The number of carbonyl (C=O) groups excluding carboxylic acids is 2. The zero-order valence-electron chi connectivity index (χ0n) is 14.5. The summed E-state index contributed by atoms with van der Waals surface area (Å²) in [5, 5.41) is 2.70. The van der Waals surface area contributed by atoms with Crippen LogP contribution in [-0.2, 0) is 17.8 Å². The van der Waals surface area contributed by atoms with Gasteiger partial charge in [-0.2, -0.15) is 13.2 Å². The highest BCUT2D eigenvalue weighted by molar-refractivity contribution is 5.94. The molecule has 0 radical (unpaired) electrons. The molecule has 0 spiro atoms. The van der Waals surface area contributed by atoms with Crippen LogP contribution in [0.25, 0.3) is 0 Å². The van der Waals surface area contributed by atoms with Crippen molar-refractivity contribution in [2.75, 3.05) is 6.61 Å². The van der Waals surface area contributed by atoms with Crippen LogP contribution >= 0.6 is 0 Å². The number of nitrogens with one attached hydrogen (secondary N) is 1. The van der Waals surface area contributed by atoms with Crippen LogP contribution in [0, 0.1) is 0 Å². The number of aromatic nitrogens is 2. The molecule has 27 heavy (non-hydrogen) atoms. The van der Waals surface area contributed by atoms with Gasteiger partial charge >= 0.3 is 6.18 Å². The average Bonchev–Trinajstić information content (AvgIpc) is 2.59. The van der Waals surface area contributed by atoms with Gasteiger partial charge in [0.2, 0.25) is 5.88 Å². The van der Waals surface area contributed by atoms with Crippen molar-refractivity contribution in [3.8, 4) is 5.88 Å². The van der Waals surface area contributed by atoms with E-state index in [1.165, 1.54) is 31.5 Å². The van der Waals surface area contributed by atoms with Gasteiger partial charge in [0.05, 0.1) is 13.0 Å². The molecule has 0 aliphatic carbocycles. The zero-order valence-corrected chi connectivity index (χ0v) is 14.5. The van der Waals surface area contributed by atoms with Crippen molar-refractivity contribution >= 4 is 11.7 Å². The topological polar surface area (TPSA) is 81.2 Å². The maximum Gasteiger partial charge on any atom is 0.392 e. The molecule has 2 heterocycles. The van der Waals surface area contributed by atoms with Crippen LogP contribution in [0.1, 0.15) is 35.0 Å². The predicted molar refractivity (Wildman–Crippen MR) is 90.2 cm³/mol. The van der Waals surface area contributed by atoms with Gasteiger partial charge in [-0.25, -0.2) is 4.98 Å². The van der Waals surface area contributed by atoms with E-state index in [1.807, 2.05) is 0 Å². The number of ether oxygens (including phenoxy) is 1. The zero-order chi connectivity index (χ0) is 19.9. The van der Waals surface area contributed by atoms with Gasteiger partial charge in [0.25, 0.3) is 5.91 Å². The Kier molecular flexibility index (Phi) is 6.86. The van der Waals surface area contributed by atoms with Crippen LogP contribution < -0.4 is 10.1 Å². The molecule has 0 saturated carbocycles. The van der Waals surface area contributed by atoms with E-state index in [9.17, 15) is 22.8 Å². The third kappa shape index (κ3) is 7.43. The van der Waals surface area contributed by atoms with Crippen molar-refractivity contribution in [3.63, 3.8) is 0 Å². The number of amides is 1. The minimum absolute atomic E-state index is 0.0522. The van der Waals surface area contributed by atoms with Crippen LogP contribution in [0.3, 0.4) is 0 Å². The second-order valence-corrected chi connectivity index (χ2v) is 5.82. The molecule has 6 nitrogen and oxygen atoms in total. The average molecular weight is 381 g/mol. The first kappa shape index (κ1) is 20.3. The number of pyridine rings is 2. The summed E-state index contributed by atoms with van der Waals surface area (Å²) < 4.78 is 41.1. The number of alkyl halides is 3. The summed E-state index contributed by atoms with van der Waals surface area (Å²) in [4.78, 5) is 31.3. The van der Waals surface area contributed by atoms with Gasteiger partial charge in [-0.15, -0.1) is 0 Å². The lowest BCUT2D eigenvalue weighted by Gasteiger charge is -2.09. The minimum atomic E-state index is -4.28. The lowest BCUT2D eigenvalue weighted by atomic mass is 10.1. The quantitative estimate of drug-likeness (QED) is 0.761. The van der Waals surface area contributed by atoms with Crippen LogP contribution in [0.5, 0.6) is 5.88 Å². The molecule has 144 valence electrons. The highest BCUT2D eigenvalue weighted by Gasteiger charge is 2.26. The summed E-state index contributed by atoms with van der Waals surface area (Å²) in [7, 11) is 0. The van der Waals surface area contributed by atoms with Crippen LogP contribution in [0.4, 0.5) is 13.2 Å². The molecule has 0 unspecified atom stereocenters. The van der Waals surface area contributed by atoms with Crippen LogP contribution in [0.2, 0.25) is 0 Å². The molecule has 1 N–H and O–H groups in total. The molecular formula is C18H18F3N3O3. The maximum absolute atomic E-state index is 12.2. The SMILES string of the molecule is CC(=O)Cc1cc(C(=O)NCc2ccc(OCCC(F)(F)F)nc2)ccn1. The van der Waals surface area contributed by atoms with Crippen molar-refractivity contribution in [1.29, 1.82) is 0 Å². The first-order valence-corrected chi connectivity index (χ1v) is 8.10. The molecule has 9 heteroatoms. The number of carbonyl (C=O) groups is 2. The maximum atomic E-state index is 12.2. The summed E-state index contributed by atoms with van der Waals surface area (Å²) >= 11 is 0. The molecule has 0 bridgehead atoms. The third-order valence-corrected chi connectivity index (χ3v) is 3.39. The number of rotatable bonds is 8. The lowest BCUT2D eigenvalue weighted by molar-refractivity contribution is -0.139. The molecule has 0 aromatic carbocycles. The Bertz CT molecular complexity index is 792. The van der Waals surface area contributed by atoms with E-state index in [0.29, 0.717) is 16.8 Å². The van der Waals surface area contributed by atoms with Crippen molar-refractivity contribution in [1.82, 2.24) is 15.3 Å². The molecular weight excluding hydrogens is 363 g/mol. The Morgan fingerprint density at radius 3 is 2.59 bits per heavy atom. The Morgan fingerprint density at radius 2 is 1.96 bits per heavy atom. The Balaban J connectivity index is 1.85. The van der Waals surface area contributed by atoms with Crippen molar-refractivity contribution in [3.05, 3.63) is 53.5 Å². The van der Waals surface area contributed by atoms with E-state index in [1.54, 1.807) is 12.1 Å². The van der Waals surface area contributed by atoms with Gasteiger partial charge in [0.15, 0.2) is 0 Å². The van der Waals surface area contributed by atoms with Gasteiger partial charge in [-0.1, -0.05) is 6.07 Å². The summed E-state index contributed by atoms with van der Waals surface area (Å²) in [6, 6.07) is 6.13. The van der Waals surface area contributed by atoms with Crippen molar-refractivity contribution in [2.24, 2.45) is 0 Å².